The summed E-state index contributed by atoms with van der Waals surface area (Å²) in [7, 11) is -3.25. The van der Waals surface area contributed by atoms with Crippen LogP contribution in [0.4, 0.5) is 4.39 Å². The highest BCUT2D eigenvalue weighted by atomic mass is 32.2. The molecule has 2 aromatic carbocycles. The molecule has 0 aliphatic heterocycles. The van der Waals surface area contributed by atoms with Gasteiger partial charge in [-0.1, -0.05) is 12.1 Å². The molecule has 1 N–H and O–H groups in total. The zero-order valence-electron chi connectivity index (χ0n) is 11.4. The molecule has 0 saturated carbocycles. The summed E-state index contributed by atoms with van der Waals surface area (Å²) >= 11 is 0. The van der Waals surface area contributed by atoms with E-state index in [1.54, 1.807) is 0 Å². The Morgan fingerprint density at radius 1 is 1.10 bits per heavy atom. The summed E-state index contributed by atoms with van der Waals surface area (Å²) in [5.74, 6) is 0.0856. The van der Waals surface area contributed by atoms with Crippen molar-refractivity contribution >= 4 is 9.84 Å². The van der Waals surface area contributed by atoms with Gasteiger partial charge >= 0.3 is 0 Å². The zero-order chi connectivity index (χ0) is 15.5. The van der Waals surface area contributed by atoms with Crippen molar-refractivity contribution in [1.29, 1.82) is 0 Å². The van der Waals surface area contributed by atoms with Gasteiger partial charge in [-0.3, -0.25) is 0 Å². The van der Waals surface area contributed by atoms with Crippen molar-refractivity contribution in [3.8, 4) is 5.75 Å². The lowest BCUT2D eigenvalue weighted by atomic mass is 10.1. The highest BCUT2D eigenvalue weighted by Gasteiger charge is 2.11. The minimum Gasteiger partial charge on any atom is -0.491 e. The van der Waals surface area contributed by atoms with E-state index in [1.165, 1.54) is 48.5 Å². The van der Waals surface area contributed by atoms with Gasteiger partial charge in [0.1, 0.15) is 24.3 Å². The van der Waals surface area contributed by atoms with Crippen molar-refractivity contribution in [2.24, 2.45) is 0 Å². The number of rotatable bonds is 5. The van der Waals surface area contributed by atoms with Crippen LogP contribution in [0.25, 0.3) is 0 Å². The van der Waals surface area contributed by atoms with Crippen molar-refractivity contribution in [3.05, 3.63) is 59.9 Å². The van der Waals surface area contributed by atoms with E-state index in [0.29, 0.717) is 11.3 Å². The van der Waals surface area contributed by atoms with Crippen LogP contribution in [0.3, 0.4) is 0 Å². The molecule has 0 aliphatic carbocycles. The highest BCUT2D eigenvalue weighted by Crippen LogP contribution is 2.18. The molecular formula is C15H15FO4S. The lowest BCUT2D eigenvalue weighted by molar-refractivity contribution is 0.108. The summed E-state index contributed by atoms with van der Waals surface area (Å²) in [6, 6.07) is 11.4. The molecule has 0 amide bonds. The molecule has 0 radical (unpaired) electrons. The van der Waals surface area contributed by atoms with Crippen LogP contribution in [0.15, 0.2) is 53.4 Å². The van der Waals surface area contributed by atoms with Gasteiger partial charge in [-0.25, -0.2) is 12.8 Å². The topological polar surface area (TPSA) is 63.6 Å². The van der Waals surface area contributed by atoms with E-state index >= 15 is 0 Å². The number of benzene rings is 2. The monoisotopic (exact) mass is 310 g/mol. The van der Waals surface area contributed by atoms with Crippen LogP contribution in [0.2, 0.25) is 0 Å². The normalized spacial score (nSPS) is 12.9. The molecule has 2 rings (SSSR count). The predicted molar refractivity (Wildman–Crippen MR) is 76.4 cm³/mol. The Bertz CT molecular complexity index is 693. The second-order valence-electron chi connectivity index (χ2n) is 4.62. The van der Waals surface area contributed by atoms with Crippen LogP contribution in [0, 0.1) is 5.82 Å². The lowest BCUT2D eigenvalue weighted by Gasteiger charge is -2.13. The third kappa shape index (κ3) is 4.27. The van der Waals surface area contributed by atoms with E-state index in [-0.39, 0.29) is 17.3 Å². The number of halogens is 1. The molecule has 1 atom stereocenters. The van der Waals surface area contributed by atoms with E-state index in [1.807, 2.05) is 0 Å². The van der Waals surface area contributed by atoms with Crippen LogP contribution in [-0.2, 0) is 9.84 Å². The Morgan fingerprint density at radius 3 is 2.19 bits per heavy atom. The quantitative estimate of drug-likeness (QED) is 0.920. The third-order valence-electron chi connectivity index (χ3n) is 2.91. The van der Waals surface area contributed by atoms with Gasteiger partial charge in [0.25, 0.3) is 0 Å². The van der Waals surface area contributed by atoms with E-state index in [0.717, 1.165) is 6.26 Å². The van der Waals surface area contributed by atoms with Crippen molar-refractivity contribution < 1.29 is 22.7 Å². The fourth-order valence-electron chi connectivity index (χ4n) is 1.74. The molecule has 4 nitrogen and oxygen atoms in total. The van der Waals surface area contributed by atoms with Gasteiger partial charge in [0.2, 0.25) is 0 Å². The maximum atomic E-state index is 12.7. The number of ether oxygens (including phenoxy) is 1. The van der Waals surface area contributed by atoms with Gasteiger partial charge in [-0.05, 0) is 42.0 Å². The molecule has 2 aromatic rings. The standard InChI is InChI=1S/C15H15FO4S/c1-21(18,19)14-8-2-11(3-9-14)15(17)10-20-13-6-4-12(16)5-7-13/h2-9,15,17H,10H2,1H3. The summed E-state index contributed by atoms with van der Waals surface area (Å²) in [5.41, 5.74) is 0.546. The van der Waals surface area contributed by atoms with Crippen LogP contribution in [-0.4, -0.2) is 26.4 Å². The van der Waals surface area contributed by atoms with Crippen LogP contribution >= 0.6 is 0 Å². The van der Waals surface area contributed by atoms with Gasteiger partial charge in [0.15, 0.2) is 9.84 Å². The average Bonchev–Trinajstić information content (AvgIpc) is 2.45. The van der Waals surface area contributed by atoms with Crippen LogP contribution in [0.5, 0.6) is 5.75 Å². The Balaban J connectivity index is 2.00. The summed E-state index contributed by atoms with van der Waals surface area (Å²) in [6.07, 6.45) is 0.222. The summed E-state index contributed by atoms with van der Waals surface area (Å²) in [4.78, 5) is 0.193. The van der Waals surface area contributed by atoms with Gasteiger partial charge in [0, 0.05) is 6.26 Å². The van der Waals surface area contributed by atoms with Crippen molar-refractivity contribution in [2.45, 2.75) is 11.0 Å². The third-order valence-corrected chi connectivity index (χ3v) is 4.04. The molecule has 6 heteroatoms. The first-order chi connectivity index (χ1) is 9.86. The Hall–Kier alpha value is -1.92. The largest absolute Gasteiger partial charge is 0.491 e. The molecule has 21 heavy (non-hydrogen) atoms. The maximum absolute atomic E-state index is 12.7. The maximum Gasteiger partial charge on any atom is 0.175 e. The fraction of sp³-hybridized carbons (Fsp3) is 0.200. The molecule has 0 heterocycles. The second-order valence-corrected chi connectivity index (χ2v) is 6.64. The minimum atomic E-state index is -3.25. The molecule has 0 saturated heterocycles. The summed E-state index contributed by atoms with van der Waals surface area (Å²) in [5, 5.41) is 9.98. The van der Waals surface area contributed by atoms with Crippen molar-refractivity contribution in [3.63, 3.8) is 0 Å². The number of aliphatic hydroxyl groups excluding tert-OH is 1. The molecule has 0 bridgehead atoms. The molecular weight excluding hydrogens is 295 g/mol. The van der Waals surface area contributed by atoms with Gasteiger partial charge in [0.05, 0.1) is 4.90 Å². The molecule has 0 aliphatic rings. The average molecular weight is 310 g/mol. The van der Waals surface area contributed by atoms with Crippen LogP contribution < -0.4 is 4.74 Å². The molecule has 0 fully saturated rings. The number of hydrogen-bond donors (Lipinski definition) is 1. The Kier molecular flexibility index (Phi) is 4.59. The molecule has 1 unspecified atom stereocenters. The predicted octanol–water partition coefficient (Wildman–Crippen LogP) is 2.34. The SMILES string of the molecule is CS(=O)(=O)c1ccc(C(O)COc2ccc(F)cc2)cc1. The number of aliphatic hydroxyl groups is 1. The number of sulfone groups is 1. The van der Waals surface area contributed by atoms with E-state index < -0.39 is 15.9 Å². The van der Waals surface area contributed by atoms with E-state index in [4.69, 9.17) is 4.74 Å². The Morgan fingerprint density at radius 2 is 1.67 bits per heavy atom. The van der Waals surface area contributed by atoms with Crippen molar-refractivity contribution in [2.75, 3.05) is 12.9 Å². The van der Waals surface area contributed by atoms with Gasteiger partial charge < -0.3 is 9.84 Å². The molecule has 112 valence electrons. The number of hydrogen-bond acceptors (Lipinski definition) is 4. The Labute approximate surface area is 122 Å². The van der Waals surface area contributed by atoms with Gasteiger partial charge in [-0.15, -0.1) is 0 Å². The molecule has 0 aromatic heterocycles. The highest BCUT2D eigenvalue weighted by molar-refractivity contribution is 7.90. The van der Waals surface area contributed by atoms with Crippen molar-refractivity contribution in [1.82, 2.24) is 0 Å². The molecule has 0 spiro atoms. The lowest BCUT2D eigenvalue weighted by Crippen LogP contribution is -2.10. The smallest absolute Gasteiger partial charge is 0.175 e. The fourth-order valence-corrected chi connectivity index (χ4v) is 2.37. The van der Waals surface area contributed by atoms with E-state index in [2.05, 4.69) is 0 Å². The summed E-state index contributed by atoms with van der Waals surface area (Å²) < 4.78 is 40.7. The second kappa shape index (κ2) is 6.24. The first-order valence-corrected chi connectivity index (χ1v) is 8.12. The minimum absolute atomic E-state index is 0.0101. The first-order valence-electron chi connectivity index (χ1n) is 6.23. The zero-order valence-corrected chi connectivity index (χ0v) is 12.2. The van der Waals surface area contributed by atoms with Crippen LogP contribution in [0.1, 0.15) is 11.7 Å². The first kappa shape index (κ1) is 15.5. The van der Waals surface area contributed by atoms with Gasteiger partial charge in [-0.2, -0.15) is 0 Å². The summed E-state index contributed by atoms with van der Waals surface area (Å²) in [6.45, 7) is -0.0101. The van der Waals surface area contributed by atoms with E-state index in [9.17, 15) is 17.9 Å².